The molecule has 12 aliphatic rings. The van der Waals surface area contributed by atoms with Crippen molar-refractivity contribution in [1.29, 1.82) is 10.5 Å². The summed E-state index contributed by atoms with van der Waals surface area (Å²) in [6, 6.07) is 1.76. The van der Waals surface area contributed by atoms with Crippen LogP contribution in [-0.2, 0) is 76.5 Å². The number of amides is 15. The van der Waals surface area contributed by atoms with E-state index in [2.05, 4.69) is 52.5 Å². The molecule has 43 heteroatoms. The van der Waals surface area contributed by atoms with Crippen LogP contribution in [0.2, 0.25) is 0 Å². The molecule has 3 aromatic carbocycles. The molecule has 566 valence electrons. The lowest BCUT2D eigenvalue weighted by molar-refractivity contribution is -0.154. The van der Waals surface area contributed by atoms with Crippen LogP contribution in [0.1, 0.15) is 58.2 Å². The van der Waals surface area contributed by atoms with E-state index in [9.17, 15) is 57.5 Å². The number of nitrogens with one attached hydrogen (secondary N) is 6. The zero-order valence-electron chi connectivity index (χ0n) is 57.6. The van der Waals surface area contributed by atoms with E-state index < -0.39 is 160 Å². The Hall–Kier alpha value is -12.8. The molecule has 12 atom stereocenters. The highest BCUT2D eigenvalue weighted by Gasteiger charge is 2.67. The van der Waals surface area contributed by atoms with Gasteiger partial charge in [-0.05, 0) is 76.4 Å². The number of nitrogens with zero attached hydrogens (tertiary/aromatic N) is 12. The molecule has 12 aliphatic heterocycles. The summed E-state index contributed by atoms with van der Waals surface area (Å²) in [6.07, 6.45) is -7.38. The Bertz CT molecular complexity index is 4970. The van der Waals surface area contributed by atoms with Gasteiger partial charge < -0.3 is 61.9 Å². The molecular weight excluding hydrogens is 1450 g/mol. The molecule has 0 bridgehead atoms. The van der Waals surface area contributed by atoms with Crippen molar-refractivity contribution in [3.05, 3.63) is 52.3 Å². The maximum atomic E-state index is 16.2. The quantitative estimate of drug-likeness (QED) is 0.0436. The third-order valence-electron chi connectivity index (χ3n) is 21.6. The monoisotopic (exact) mass is 1510 g/mol. The summed E-state index contributed by atoms with van der Waals surface area (Å²) in [5.74, 6) is -7.43. The molecule has 9 saturated heterocycles. The van der Waals surface area contributed by atoms with Gasteiger partial charge in [-0.2, -0.15) is 10.5 Å². The Balaban J connectivity index is 0.000000124. The molecule has 40 nitrogen and oxygen atoms in total. The number of urea groups is 3. The molecule has 9 fully saturated rings. The Kier molecular flexibility index (Phi) is 16.3. The van der Waals surface area contributed by atoms with Crippen molar-refractivity contribution >= 4 is 145 Å². The second-order valence-electron chi connectivity index (χ2n) is 28.2. The van der Waals surface area contributed by atoms with Crippen molar-refractivity contribution in [1.82, 2.24) is 47.4 Å². The van der Waals surface area contributed by atoms with Crippen molar-refractivity contribution in [2.24, 2.45) is 21.4 Å². The first kappa shape index (κ1) is 70.5. The van der Waals surface area contributed by atoms with E-state index in [0.29, 0.717) is 0 Å². The first-order valence-corrected chi connectivity index (χ1v) is 34.0. The van der Waals surface area contributed by atoms with Gasteiger partial charge in [-0.3, -0.25) is 70.5 Å². The predicted molar refractivity (Wildman–Crippen MR) is 353 cm³/mol. The number of oxime groups is 1. The van der Waals surface area contributed by atoms with E-state index in [1.54, 1.807) is 56.2 Å². The number of barbiturate groups is 3. The Morgan fingerprint density at radius 1 is 0.486 bits per heavy atom. The van der Waals surface area contributed by atoms with Crippen LogP contribution >= 0.6 is 0 Å². The summed E-state index contributed by atoms with van der Waals surface area (Å²) >= 11 is 0. The van der Waals surface area contributed by atoms with Gasteiger partial charge in [0.15, 0.2) is 51.2 Å². The van der Waals surface area contributed by atoms with Gasteiger partial charge in [0.1, 0.15) is 24.8 Å². The van der Waals surface area contributed by atoms with E-state index in [-0.39, 0.29) is 161 Å². The molecule has 18 rings (SSSR count). The van der Waals surface area contributed by atoms with Crippen molar-refractivity contribution in [2.45, 2.75) is 134 Å². The second-order valence-corrected chi connectivity index (χ2v) is 28.2. The third-order valence-corrected chi connectivity index (χ3v) is 21.6. The van der Waals surface area contributed by atoms with E-state index >= 15 is 13.2 Å². The molecule has 3 aromatic heterocycles. The largest absolute Gasteiger partial charge is 0.446 e. The number of hydrogen-bond acceptors (Lipinski definition) is 31. The van der Waals surface area contributed by atoms with Gasteiger partial charge in [-0.25, -0.2) is 46.8 Å². The number of halogens is 3. The molecule has 15 amide bonds. The Morgan fingerprint density at radius 2 is 0.798 bits per heavy atom. The smallest absolute Gasteiger partial charge is 0.417 e. The molecule has 0 saturated carbocycles. The fraction of sp³-hybridized carbons (Fsp3) is 0.455. The number of benzene rings is 3. The summed E-state index contributed by atoms with van der Waals surface area (Å²) in [5, 5.41) is 55.1. The van der Waals surface area contributed by atoms with E-state index in [4.69, 9.17) is 57.7 Å². The van der Waals surface area contributed by atoms with Gasteiger partial charge in [0.05, 0.1) is 107 Å². The molecule has 6 aromatic rings. The lowest BCUT2D eigenvalue weighted by Crippen LogP contribution is -2.75. The fourth-order valence-electron chi connectivity index (χ4n) is 17.6. The number of aromatic nitrogens is 3. The normalized spacial score (nSPS) is 28.9. The standard InChI is InChI=1S/C22H21FN6O8.2C22H19FN6O7/c1-8-6-28-14-10(4-22(16(28)9(2)36-8)18(30)25-20(32)26-19(22)31)3-12-15(13(14)23)37-27-17(12)29-11(5-24-34)7-35-21(29)33;2*1-8-6-28-14-10(4-22(16(28)9(2)34-8)18(30)25-20(32)26-19(22)31)3-12-15(13(14)23)36-27-17(12)29-7-11(5-24)35-21(29)33/h3,5,8-9,11,16,34H,4,6-7H2,1-2H3,(H2,25,26,30,31,32);2*3,8-9,11,16H,4,6-7H2,1-2H3,(H2,25,26,30,31,32)/t2*8-,9+,11+,16-;8-,9+,11-,16-/m111/s1. The number of anilines is 6. The van der Waals surface area contributed by atoms with Gasteiger partial charge in [0, 0.05) is 38.9 Å². The number of cyclic esters (lactones) is 3. The molecule has 0 unspecified atom stereocenters. The van der Waals surface area contributed by atoms with Gasteiger partial charge in [0.2, 0.25) is 64.4 Å². The summed E-state index contributed by atoms with van der Waals surface area (Å²) in [4.78, 5) is 160. The van der Waals surface area contributed by atoms with Crippen LogP contribution in [0.15, 0.2) is 36.9 Å². The number of imide groups is 6. The number of morpholine rings is 3. The first-order valence-electron chi connectivity index (χ1n) is 34.0. The molecular formula is C66H59F3N18O22. The van der Waals surface area contributed by atoms with Gasteiger partial charge in [-0.1, -0.05) is 20.6 Å². The fourth-order valence-corrected chi connectivity index (χ4v) is 17.6. The zero-order chi connectivity index (χ0) is 77.3. The van der Waals surface area contributed by atoms with Crippen LogP contribution in [0.3, 0.4) is 0 Å². The van der Waals surface area contributed by atoms with Crippen LogP contribution in [0.25, 0.3) is 32.9 Å². The van der Waals surface area contributed by atoms with Crippen LogP contribution in [0, 0.1) is 56.4 Å². The van der Waals surface area contributed by atoms with Crippen molar-refractivity contribution < 1.29 is 118 Å². The molecule has 3 spiro atoms. The van der Waals surface area contributed by atoms with E-state index in [1.165, 1.54) is 18.2 Å². The van der Waals surface area contributed by atoms with Crippen molar-refractivity contribution in [2.75, 3.05) is 68.7 Å². The SMILES string of the molecule is C[C@@H]1CN2c3c(cc4c(N5C(=O)OC[C@@H]5C=NO)noc4c3F)CC3(C(=O)NC(=O)NC3=O)[C@H]2[C@H](C)O1.C[C@@H]1CN2c3c(cc4c(N5C[C@@H](C#N)OC5=O)noc4c3F)CC3(C(=O)NC(=O)NC3=O)[C@H]2[C@H](C)O1.C[C@@H]1CN2c3c(cc4c(N5C[C@H](C#N)OC5=O)noc4c3F)CC3(C(=O)NC(=O)NC3=O)[C@H]2[C@H](C)O1. The maximum Gasteiger partial charge on any atom is 0.417 e. The number of hydrogen-bond donors (Lipinski definition) is 7. The number of ether oxygens (including phenoxy) is 6. The van der Waals surface area contributed by atoms with Crippen LogP contribution in [0.5, 0.6) is 0 Å². The van der Waals surface area contributed by atoms with Gasteiger partial charge >= 0.3 is 36.4 Å². The number of carbonyl (C=O) groups excluding carboxylic acids is 12. The number of nitriles is 2. The predicted octanol–water partition coefficient (Wildman–Crippen LogP) is 2.06. The molecule has 109 heavy (non-hydrogen) atoms. The maximum absolute atomic E-state index is 16.2. The minimum atomic E-state index is -1.81. The average molecular weight is 1510 g/mol. The zero-order valence-corrected chi connectivity index (χ0v) is 57.6. The number of rotatable bonds is 4. The van der Waals surface area contributed by atoms with Crippen molar-refractivity contribution in [3.63, 3.8) is 0 Å². The van der Waals surface area contributed by atoms with E-state index in [1.807, 2.05) is 12.1 Å². The Labute approximate surface area is 607 Å². The highest BCUT2D eigenvalue weighted by molar-refractivity contribution is 6.23. The molecule has 7 N–H and O–H groups in total. The highest BCUT2D eigenvalue weighted by Crippen LogP contribution is 2.54. The summed E-state index contributed by atoms with van der Waals surface area (Å²) in [5.41, 5.74) is -4.91. The summed E-state index contributed by atoms with van der Waals surface area (Å²) in [6.45, 7) is 10.5. The average Bonchev–Trinajstić information content (AvgIpc) is 1.27. The topological polar surface area (TPSA) is 510 Å². The summed E-state index contributed by atoms with van der Waals surface area (Å²) in [7, 11) is 0. The number of fused-ring (bicyclic) bond motifs is 15. The summed E-state index contributed by atoms with van der Waals surface area (Å²) < 4.78 is 96.9. The lowest BCUT2D eigenvalue weighted by atomic mass is 9.66. The minimum Gasteiger partial charge on any atom is -0.446 e. The van der Waals surface area contributed by atoms with Crippen LogP contribution in [0.4, 0.5) is 76.5 Å². The van der Waals surface area contributed by atoms with Crippen LogP contribution in [-0.4, -0.2) is 211 Å². The van der Waals surface area contributed by atoms with Gasteiger partial charge in [0.25, 0.3) is 0 Å². The molecule has 15 heterocycles. The lowest BCUT2D eigenvalue weighted by Gasteiger charge is -2.55. The molecule has 0 aliphatic carbocycles. The van der Waals surface area contributed by atoms with Gasteiger partial charge in [-0.15, -0.1) is 0 Å². The first-order chi connectivity index (χ1) is 52.0. The third kappa shape index (κ3) is 10.3. The molecule has 0 radical (unpaired) electrons. The number of carbonyl (C=O) groups is 12. The minimum absolute atomic E-state index is 0.0536. The van der Waals surface area contributed by atoms with E-state index in [0.717, 1.165) is 20.9 Å². The second kappa shape index (κ2) is 25.2. The Morgan fingerprint density at radius 3 is 1.10 bits per heavy atom. The van der Waals surface area contributed by atoms with Crippen LogP contribution < -0.4 is 61.3 Å². The highest BCUT2D eigenvalue weighted by atomic mass is 19.1. The van der Waals surface area contributed by atoms with Crippen molar-refractivity contribution in [3.8, 4) is 12.1 Å².